The van der Waals surface area contributed by atoms with Crippen molar-refractivity contribution in [3.8, 4) is 23.3 Å². The van der Waals surface area contributed by atoms with Gasteiger partial charge in [-0.05, 0) is 52.3 Å². The second kappa shape index (κ2) is 8.41. The van der Waals surface area contributed by atoms with E-state index in [1.165, 1.54) is 0 Å². The molecule has 2 N–H and O–H groups in total. The molecule has 5 nitrogen and oxygen atoms in total. The summed E-state index contributed by atoms with van der Waals surface area (Å²) in [6.45, 7) is 0. The zero-order valence-corrected chi connectivity index (χ0v) is 16.7. The molecule has 1 heterocycles. The molecule has 0 saturated heterocycles. The molecule has 0 radical (unpaired) electrons. The van der Waals surface area contributed by atoms with Crippen molar-refractivity contribution in [3.63, 3.8) is 0 Å². The van der Waals surface area contributed by atoms with Crippen molar-refractivity contribution in [2.24, 2.45) is 0 Å². The largest absolute Gasteiger partial charge is 0.437 e. The van der Waals surface area contributed by atoms with Gasteiger partial charge in [0.15, 0.2) is 5.69 Å². The monoisotopic (exact) mass is 529 g/mol. The zero-order chi connectivity index (χ0) is 23.8. The second-order valence-electron chi connectivity index (χ2n) is 6.00. The molecule has 0 saturated carbocycles. The summed E-state index contributed by atoms with van der Waals surface area (Å²) in [6, 6.07) is 3.49. The van der Waals surface area contributed by atoms with E-state index in [4.69, 9.17) is 15.2 Å². The lowest BCUT2D eigenvalue weighted by Gasteiger charge is -2.14. The molecule has 0 fully saturated rings. The molecule has 170 valence electrons. The lowest BCUT2D eigenvalue weighted by molar-refractivity contribution is -0.140. The van der Waals surface area contributed by atoms with Crippen LogP contribution in [0.5, 0.6) is 23.3 Å². The number of ether oxygens (including phenoxy) is 2. The molecular formula is C18H8BrF8N3O2. The van der Waals surface area contributed by atoms with Gasteiger partial charge in [-0.2, -0.15) is 36.3 Å². The summed E-state index contributed by atoms with van der Waals surface area (Å²) < 4.78 is 114. The topological polar surface area (TPSA) is 70.3 Å². The number of anilines is 1. The maximum absolute atomic E-state index is 13.4. The normalized spacial score (nSPS) is 12.0. The Morgan fingerprint density at radius 3 is 1.44 bits per heavy atom. The highest BCUT2D eigenvalue weighted by atomic mass is 79.9. The van der Waals surface area contributed by atoms with Gasteiger partial charge in [0.25, 0.3) is 11.8 Å². The van der Waals surface area contributed by atoms with Crippen LogP contribution in [0.3, 0.4) is 0 Å². The molecule has 3 aromatic rings. The minimum Gasteiger partial charge on any atom is -0.437 e. The van der Waals surface area contributed by atoms with Crippen LogP contribution >= 0.6 is 15.9 Å². The summed E-state index contributed by atoms with van der Waals surface area (Å²) in [4.78, 5) is 7.44. The lowest BCUT2D eigenvalue weighted by atomic mass is 10.2. The number of alkyl halides is 6. The molecule has 1 aromatic heterocycles. The molecule has 14 heteroatoms. The van der Waals surface area contributed by atoms with Crippen molar-refractivity contribution in [2.45, 2.75) is 12.4 Å². The van der Waals surface area contributed by atoms with Crippen LogP contribution in [0.25, 0.3) is 0 Å². The fourth-order valence-electron chi connectivity index (χ4n) is 2.35. The first-order valence-electron chi connectivity index (χ1n) is 8.18. The van der Waals surface area contributed by atoms with E-state index in [0.29, 0.717) is 24.3 Å². The smallest absolute Gasteiger partial charge is 0.419 e. The Kier molecular flexibility index (Phi) is 6.18. The van der Waals surface area contributed by atoms with Gasteiger partial charge in [-0.3, -0.25) is 0 Å². The Hall–Kier alpha value is -3.16. The van der Waals surface area contributed by atoms with Crippen molar-refractivity contribution >= 4 is 21.6 Å². The van der Waals surface area contributed by atoms with Crippen molar-refractivity contribution < 1.29 is 44.6 Å². The van der Waals surface area contributed by atoms with E-state index in [1.54, 1.807) is 0 Å². The number of hydrogen-bond donors (Lipinski definition) is 1. The van der Waals surface area contributed by atoms with Crippen LogP contribution < -0.4 is 15.2 Å². The van der Waals surface area contributed by atoms with Gasteiger partial charge in [0.2, 0.25) is 4.73 Å². The predicted octanol–water partition coefficient (Wildman–Crippen LogP) is 6.72. The average molecular weight is 530 g/mol. The quantitative estimate of drug-likeness (QED) is 0.300. The van der Waals surface area contributed by atoms with Crippen LogP contribution in [-0.4, -0.2) is 9.97 Å². The highest BCUT2D eigenvalue weighted by molar-refractivity contribution is 9.10. The maximum Gasteiger partial charge on any atom is 0.419 e. The minimum atomic E-state index is -5.01. The highest BCUT2D eigenvalue weighted by Crippen LogP contribution is 2.39. The number of aromatic nitrogens is 2. The molecule has 0 aliphatic rings. The van der Waals surface area contributed by atoms with E-state index < -0.39 is 64.1 Å². The van der Waals surface area contributed by atoms with E-state index in [1.807, 2.05) is 0 Å². The molecule has 0 aliphatic carbocycles. The van der Waals surface area contributed by atoms with Gasteiger partial charge in [0.05, 0.1) is 11.1 Å². The number of nitrogens with zero attached hydrogens (tertiary/aromatic N) is 2. The molecule has 0 amide bonds. The Balaban J connectivity index is 1.96. The number of nitrogens with two attached hydrogens (primary N) is 1. The van der Waals surface area contributed by atoms with Crippen molar-refractivity contribution in [1.29, 1.82) is 0 Å². The molecule has 0 unspecified atom stereocenters. The van der Waals surface area contributed by atoms with E-state index >= 15 is 0 Å². The van der Waals surface area contributed by atoms with Gasteiger partial charge in [-0.25, -0.2) is 8.78 Å². The lowest BCUT2D eigenvalue weighted by Crippen LogP contribution is -2.09. The predicted molar refractivity (Wildman–Crippen MR) is 97.1 cm³/mol. The number of hydrogen-bond acceptors (Lipinski definition) is 5. The first-order chi connectivity index (χ1) is 14.8. The van der Waals surface area contributed by atoms with E-state index in [9.17, 15) is 35.1 Å². The Labute approximate surface area is 181 Å². The number of benzene rings is 2. The van der Waals surface area contributed by atoms with Gasteiger partial charge in [-0.15, -0.1) is 0 Å². The number of halogens is 9. The Morgan fingerprint density at radius 1 is 0.719 bits per heavy atom. The third-order valence-electron chi connectivity index (χ3n) is 3.76. The van der Waals surface area contributed by atoms with Crippen molar-refractivity contribution in [3.05, 3.63) is 63.9 Å². The highest BCUT2D eigenvalue weighted by Gasteiger charge is 2.35. The SMILES string of the molecule is Nc1c(Oc2ccc(F)c(C(F)(F)F)c2)nc(Br)nc1Oc1ccc(F)c(C(F)(F)F)c1. The first kappa shape index (κ1) is 23.5. The summed E-state index contributed by atoms with van der Waals surface area (Å²) in [7, 11) is 0. The van der Waals surface area contributed by atoms with Crippen molar-refractivity contribution in [1.82, 2.24) is 9.97 Å². The molecule has 0 bridgehead atoms. The van der Waals surface area contributed by atoms with Crippen molar-refractivity contribution in [2.75, 3.05) is 5.73 Å². The summed E-state index contributed by atoms with van der Waals surface area (Å²) in [5.41, 5.74) is 2.04. The summed E-state index contributed by atoms with van der Waals surface area (Å²) in [6.07, 6.45) is -10.0. The van der Waals surface area contributed by atoms with Gasteiger partial charge < -0.3 is 15.2 Å². The third kappa shape index (κ3) is 5.18. The van der Waals surface area contributed by atoms with E-state index in [2.05, 4.69) is 25.9 Å². The summed E-state index contributed by atoms with van der Waals surface area (Å²) in [5.74, 6) is -5.16. The van der Waals surface area contributed by atoms with Crippen LogP contribution in [0, 0.1) is 11.6 Å². The number of nitrogen functional groups attached to an aromatic ring is 1. The van der Waals surface area contributed by atoms with Gasteiger partial charge in [-0.1, -0.05) is 0 Å². The van der Waals surface area contributed by atoms with Gasteiger partial charge in [0, 0.05) is 0 Å². The Morgan fingerprint density at radius 2 is 1.09 bits per heavy atom. The van der Waals surface area contributed by atoms with Crippen LogP contribution in [0.2, 0.25) is 0 Å². The standard InChI is InChI=1S/C18H8BrF8N3O2/c19-16-29-14(31-7-1-3-11(20)9(5-7)17(22,23)24)13(28)15(30-16)32-8-2-4-12(21)10(6-8)18(25,26)27/h1-6H,28H2. The third-order valence-corrected chi connectivity index (χ3v) is 4.12. The number of rotatable bonds is 4. The first-order valence-corrected chi connectivity index (χ1v) is 8.97. The minimum absolute atomic E-state index is 0.256. The molecule has 0 aliphatic heterocycles. The molecule has 0 atom stereocenters. The van der Waals surface area contributed by atoms with E-state index in [0.717, 1.165) is 12.1 Å². The van der Waals surface area contributed by atoms with E-state index in [-0.39, 0.29) is 4.73 Å². The molecule has 2 aromatic carbocycles. The maximum atomic E-state index is 13.4. The van der Waals surface area contributed by atoms with Crippen LogP contribution in [0.15, 0.2) is 41.1 Å². The van der Waals surface area contributed by atoms with Crippen LogP contribution in [0.1, 0.15) is 11.1 Å². The summed E-state index contributed by atoms with van der Waals surface area (Å²) >= 11 is 2.87. The molecule has 32 heavy (non-hydrogen) atoms. The van der Waals surface area contributed by atoms with Gasteiger partial charge in [0.1, 0.15) is 23.1 Å². The fraction of sp³-hybridized carbons (Fsp3) is 0.111. The molecular weight excluding hydrogens is 522 g/mol. The summed E-state index contributed by atoms with van der Waals surface area (Å²) in [5, 5.41) is 0. The Bertz CT molecular complexity index is 1080. The molecule has 3 rings (SSSR count). The fourth-order valence-corrected chi connectivity index (χ4v) is 2.68. The van der Waals surface area contributed by atoms with Crippen LogP contribution in [-0.2, 0) is 12.4 Å². The molecule has 0 spiro atoms. The zero-order valence-electron chi connectivity index (χ0n) is 15.2. The second-order valence-corrected chi connectivity index (χ2v) is 6.71. The van der Waals surface area contributed by atoms with Crippen LogP contribution in [0.4, 0.5) is 40.8 Å². The average Bonchev–Trinajstić information content (AvgIpc) is 2.66. The van der Waals surface area contributed by atoms with Gasteiger partial charge >= 0.3 is 12.4 Å².